The zero-order chi connectivity index (χ0) is 14.7. The molecule has 1 nitrogen and oxygen atoms in total. The number of phenolic OH excluding ortho intramolecular Hbond substituents is 1. The van der Waals surface area contributed by atoms with Crippen molar-refractivity contribution in [3.8, 4) is 5.75 Å². The molecule has 0 aliphatic rings. The number of hydrogen-bond donors (Lipinski definition) is 1. The van der Waals surface area contributed by atoms with Crippen LogP contribution in [0.5, 0.6) is 5.75 Å². The summed E-state index contributed by atoms with van der Waals surface area (Å²) in [5, 5.41) is 10.0. The van der Waals surface area contributed by atoms with Crippen molar-refractivity contribution in [3.05, 3.63) is 64.7 Å². The van der Waals surface area contributed by atoms with Crippen molar-refractivity contribution in [2.45, 2.75) is 46.0 Å². The molecule has 2 aromatic carbocycles. The minimum Gasteiger partial charge on any atom is -0.508 e. The second-order valence-corrected chi connectivity index (χ2v) is 6.03. The maximum absolute atomic E-state index is 10.0. The fraction of sp³-hybridized carbons (Fsp3) is 0.368. The Morgan fingerprint density at radius 1 is 0.800 bits per heavy atom. The van der Waals surface area contributed by atoms with Crippen LogP contribution in [-0.2, 0) is 6.42 Å². The zero-order valence-corrected chi connectivity index (χ0v) is 12.9. The maximum atomic E-state index is 10.0. The number of phenols is 1. The van der Waals surface area contributed by atoms with Crippen molar-refractivity contribution in [2.24, 2.45) is 0 Å². The Morgan fingerprint density at radius 2 is 1.35 bits per heavy atom. The van der Waals surface area contributed by atoms with Crippen LogP contribution in [-0.4, -0.2) is 5.11 Å². The Balaban J connectivity index is 2.51. The lowest BCUT2D eigenvalue weighted by atomic mass is 9.85. The van der Waals surface area contributed by atoms with Gasteiger partial charge in [0, 0.05) is 6.42 Å². The van der Waals surface area contributed by atoms with Gasteiger partial charge in [-0.15, -0.1) is 0 Å². The Hall–Kier alpha value is -1.76. The van der Waals surface area contributed by atoms with Crippen LogP contribution in [0.4, 0.5) is 0 Å². The molecule has 106 valence electrons. The summed E-state index contributed by atoms with van der Waals surface area (Å²) in [5.41, 5.74) is 5.15. The third kappa shape index (κ3) is 3.04. The van der Waals surface area contributed by atoms with Gasteiger partial charge in [-0.1, -0.05) is 64.1 Å². The molecule has 0 aliphatic carbocycles. The summed E-state index contributed by atoms with van der Waals surface area (Å²) in [6.45, 7) is 8.92. The lowest BCUT2D eigenvalue weighted by Gasteiger charge is -2.20. The quantitative estimate of drug-likeness (QED) is 0.805. The molecule has 0 fully saturated rings. The molecule has 0 saturated heterocycles. The van der Waals surface area contributed by atoms with Crippen molar-refractivity contribution in [1.29, 1.82) is 0 Å². The molecular formula is C19H24O. The molecule has 0 aromatic heterocycles. The third-order valence-electron chi connectivity index (χ3n) is 3.85. The number of para-hydroxylation sites is 1. The fourth-order valence-electron chi connectivity index (χ4n) is 2.76. The highest BCUT2D eigenvalue weighted by Crippen LogP contribution is 2.31. The first-order valence-corrected chi connectivity index (χ1v) is 7.39. The maximum Gasteiger partial charge on any atom is 0.119 e. The van der Waals surface area contributed by atoms with Crippen LogP contribution in [0.2, 0.25) is 0 Å². The first-order chi connectivity index (χ1) is 9.50. The number of aromatic hydroxyl groups is 1. The van der Waals surface area contributed by atoms with Crippen LogP contribution >= 0.6 is 0 Å². The van der Waals surface area contributed by atoms with Crippen LogP contribution < -0.4 is 0 Å². The molecule has 2 rings (SSSR count). The van der Waals surface area contributed by atoms with E-state index in [1.165, 1.54) is 16.7 Å². The Morgan fingerprint density at radius 3 is 1.85 bits per heavy atom. The zero-order valence-electron chi connectivity index (χ0n) is 12.9. The summed E-state index contributed by atoms with van der Waals surface area (Å²) in [7, 11) is 0. The summed E-state index contributed by atoms with van der Waals surface area (Å²) in [6, 6.07) is 14.2. The molecule has 0 saturated carbocycles. The molecule has 0 atom stereocenters. The van der Waals surface area contributed by atoms with Crippen LogP contribution in [0.3, 0.4) is 0 Å². The van der Waals surface area contributed by atoms with Crippen LogP contribution in [0.15, 0.2) is 42.5 Å². The number of rotatable bonds is 4. The van der Waals surface area contributed by atoms with Gasteiger partial charge in [-0.2, -0.15) is 0 Å². The van der Waals surface area contributed by atoms with Crippen molar-refractivity contribution in [1.82, 2.24) is 0 Å². The third-order valence-corrected chi connectivity index (χ3v) is 3.85. The predicted molar refractivity (Wildman–Crippen MR) is 85.5 cm³/mol. The SMILES string of the molecule is CC(C)c1cccc(C(C)C)c1Cc1ccccc1O. The predicted octanol–water partition coefficient (Wildman–Crippen LogP) is 5.23. The molecule has 0 heterocycles. The largest absolute Gasteiger partial charge is 0.508 e. The van der Waals surface area contributed by atoms with Crippen molar-refractivity contribution in [2.75, 3.05) is 0 Å². The summed E-state index contributed by atoms with van der Waals surface area (Å²) in [6.07, 6.45) is 0.800. The average molecular weight is 268 g/mol. The van der Waals surface area contributed by atoms with Crippen LogP contribution in [0.25, 0.3) is 0 Å². The van der Waals surface area contributed by atoms with Crippen molar-refractivity contribution < 1.29 is 5.11 Å². The molecule has 1 heteroatoms. The number of hydrogen-bond acceptors (Lipinski definition) is 1. The number of benzene rings is 2. The molecule has 1 N–H and O–H groups in total. The first-order valence-electron chi connectivity index (χ1n) is 7.39. The van der Waals surface area contributed by atoms with Gasteiger partial charge in [-0.25, -0.2) is 0 Å². The summed E-state index contributed by atoms with van der Waals surface area (Å²) in [4.78, 5) is 0. The normalized spacial score (nSPS) is 11.3. The van der Waals surface area contributed by atoms with E-state index in [2.05, 4.69) is 45.9 Å². The molecule has 2 aromatic rings. The van der Waals surface area contributed by atoms with E-state index in [1.54, 1.807) is 6.07 Å². The van der Waals surface area contributed by atoms with Gasteiger partial charge in [0.25, 0.3) is 0 Å². The van der Waals surface area contributed by atoms with E-state index in [-0.39, 0.29) is 0 Å². The highest BCUT2D eigenvalue weighted by atomic mass is 16.3. The van der Waals surface area contributed by atoms with Gasteiger partial charge in [0.05, 0.1) is 0 Å². The summed E-state index contributed by atoms with van der Waals surface area (Å²) >= 11 is 0. The highest BCUT2D eigenvalue weighted by Gasteiger charge is 2.15. The van der Waals surface area contributed by atoms with Gasteiger partial charge >= 0.3 is 0 Å². The minimum atomic E-state index is 0.390. The van der Waals surface area contributed by atoms with E-state index >= 15 is 0 Å². The molecule has 20 heavy (non-hydrogen) atoms. The van der Waals surface area contributed by atoms with Gasteiger partial charge in [-0.3, -0.25) is 0 Å². The van der Waals surface area contributed by atoms with Gasteiger partial charge in [0.15, 0.2) is 0 Å². The molecule has 0 spiro atoms. The van der Waals surface area contributed by atoms with E-state index < -0.39 is 0 Å². The smallest absolute Gasteiger partial charge is 0.119 e. The van der Waals surface area contributed by atoms with E-state index in [9.17, 15) is 5.11 Å². The Kier molecular flexibility index (Phi) is 4.49. The highest BCUT2D eigenvalue weighted by molar-refractivity contribution is 5.45. The lowest BCUT2D eigenvalue weighted by Crippen LogP contribution is -2.04. The monoisotopic (exact) mass is 268 g/mol. The molecule has 0 aliphatic heterocycles. The second-order valence-electron chi connectivity index (χ2n) is 6.03. The first kappa shape index (κ1) is 14.6. The molecule has 0 bridgehead atoms. The second kappa shape index (κ2) is 6.13. The minimum absolute atomic E-state index is 0.390. The topological polar surface area (TPSA) is 20.2 Å². The molecular weight excluding hydrogens is 244 g/mol. The van der Waals surface area contributed by atoms with Crippen LogP contribution in [0, 0.1) is 0 Å². The van der Waals surface area contributed by atoms with E-state index in [4.69, 9.17) is 0 Å². The Labute approximate surface area is 122 Å². The van der Waals surface area contributed by atoms with Gasteiger partial charge < -0.3 is 5.11 Å². The van der Waals surface area contributed by atoms with Crippen molar-refractivity contribution in [3.63, 3.8) is 0 Å². The van der Waals surface area contributed by atoms with Gasteiger partial charge in [0.1, 0.15) is 5.75 Å². The van der Waals surface area contributed by atoms with E-state index in [1.807, 2.05) is 18.2 Å². The standard InChI is InChI=1S/C19H24O/c1-13(2)16-9-7-10-17(14(3)4)18(16)12-15-8-5-6-11-19(15)20/h5-11,13-14,20H,12H2,1-4H3. The van der Waals surface area contributed by atoms with Crippen LogP contribution in [0.1, 0.15) is 61.8 Å². The Bertz CT molecular complexity index is 556. The van der Waals surface area contributed by atoms with E-state index in [0.29, 0.717) is 17.6 Å². The molecule has 0 amide bonds. The fourth-order valence-corrected chi connectivity index (χ4v) is 2.76. The molecule has 0 unspecified atom stereocenters. The summed E-state index contributed by atoms with van der Waals surface area (Å²) < 4.78 is 0. The van der Waals surface area contributed by atoms with E-state index in [0.717, 1.165) is 12.0 Å². The van der Waals surface area contributed by atoms with Gasteiger partial charge in [0.2, 0.25) is 0 Å². The summed E-state index contributed by atoms with van der Waals surface area (Å²) in [5.74, 6) is 1.38. The average Bonchev–Trinajstić information content (AvgIpc) is 2.41. The van der Waals surface area contributed by atoms with Gasteiger partial charge in [-0.05, 0) is 40.2 Å². The lowest BCUT2D eigenvalue weighted by molar-refractivity contribution is 0.469. The van der Waals surface area contributed by atoms with Crippen molar-refractivity contribution >= 4 is 0 Å². The molecule has 0 radical (unpaired) electrons.